The number of halogens is 3. The van der Waals surface area contributed by atoms with Crippen molar-refractivity contribution in [2.24, 2.45) is 4.99 Å². The minimum Gasteiger partial charge on any atom is -0.494 e. The summed E-state index contributed by atoms with van der Waals surface area (Å²) < 4.78 is 16.8. The molecular formula is C26H21Cl3N2O4S. The molecule has 0 aromatic heterocycles. The summed E-state index contributed by atoms with van der Waals surface area (Å²) in [6, 6.07) is 16.0. The number of ether oxygens (including phenoxy) is 3. The molecular weight excluding hydrogens is 543 g/mol. The second-order valence-corrected chi connectivity index (χ2v) is 9.73. The number of aliphatic imine (C=N–C) groups is 1. The van der Waals surface area contributed by atoms with E-state index in [1.54, 1.807) is 30.3 Å². The van der Waals surface area contributed by atoms with Gasteiger partial charge in [0.1, 0.15) is 12.4 Å². The molecule has 0 unspecified atom stereocenters. The number of carbonyl (C=O) groups excluding carboxylic acids is 1. The summed E-state index contributed by atoms with van der Waals surface area (Å²) in [7, 11) is 1.52. The molecule has 1 saturated heterocycles. The van der Waals surface area contributed by atoms with Gasteiger partial charge in [0.05, 0.1) is 39.4 Å². The molecule has 3 aromatic rings. The van der Waals surface area contributed by atoms with E-state index >= 15 is 0 Å². The average Bonchev–Trinajstić information content (AvgIpc) is 3.19. The maximum atomic E-state index is 12.5. The van der Waals surface area contributed by atoms with Crippen LogP contribution in [0.3, 0.4) is 0 Å². The minimum atomic E-state index is -0.250. The van der Waals surface area contributed by atoms with Gasteiger partial charge in [-0.05, 0) is 84.4 Å². The summed E-state index contributed by atoms with van der Waals surface area (Å²) in [5.74, 6) is 1.33. The van der Waals surface area contributed by atoms with Gasteiger partial charge in [-0.15, -0.1) is 0 Å². The maximum absolute atomic E-state index is 12.5. The number of carbonyl (C=O) groups is 1. The summed E-state index contributed by atoms with van der Waals surface area (Å²) in [5, 5.41) is 4.51. The van der Waals surface area contributed by atoms with Crippen LogP contribution in [0.4, 0.5) is 5.69 Å². The molecule has 1 aliphatic rings. The van der Waals surface area contributed by atoms with Crippen molar-refractivity contribution in [3.8, 4) is 17.2 Å². The normalized spacial score (nSPS) is 15.3. The van der Waals surface area contributed by atoms with Crippen LogP contribution in [0.2, 0.25) is 15.1 Å². The molecule has 0 aliphatic carbocycles. The van der Waals surface area contributed by atoms with Crippen LogP contribution < -0.4 is 19.5 Å². The van der Waals surface area contributed by atoms with E-state index in [-0.39, 0.29) is 12.5 Å². The summed E-state index contributed by atoms with van der Waals surface area (Å²) >= 11 is 19.8. The smallest absolute Gasteiger partial charge is 0.264 e. The van der Waals surface area contributed by atoms with Gasteiger partial charge in [-0.3, -0.25) is 4.79 Å². The van der Waals surface area contributed by atoms with E-state index in [9.17, 15) is 4.79 Å². The first-order valence-electron chi connectivity index (χ1n) is 10.8. The van der Waals surface area contributed by atoms with Gasteiger partial charge in [0.25, 0.3) is 5.91 Å². The van der Waals surface area contributed by atoms with Crippen molar-refractivity contribution < 1.29 is 19.0 Å². The Morgan fingerprint density at radius 1 is 0.972 bits per heavy atom. The van der Waals surface area contributed by atoms with Crippen molar-refractivity contribution in [2.45, 2.75) is 13.5 Å². The number of nitrogens with one attached hydrogen (secondary N) is 1. The first kappa shape index (κ1) is 26.2. The fraction of sp³-hybridized carbons (Fsp3) is 0.154. The fourth-order valence-corrected chi connectivity index (χ4v) is 4.72. The zero-order valence-corrected chi connectivity index (χ0v) is 22.4. The number of methoxy groups -OCH3 is 1. The highest BCUT2D eigenvalue weighted by Crippen LogP contribution is 2.39. The number of rotatable bonds is 8. The molecule has 1 N–H and O–H groups in total. The van der Waals surface area contributed by atoms with Gasteiger partial charge in [-0.1, -0.05) is 40.9 Å². The number of benzene rings is 3. The van der Waals surface area contributed by atoms with Gasteiger partial charge >= 0.3 is 0 Å². The molecule has 0 bridgehead atoms. The van der Waals surface area contributed by atoms with E-state index in [0.717, 1.165) is 11.3 Å². The second-order valence-electron chi connectivity index (χ2n) is 7.48. The van der Waals surface area contributed by atoms with Gasteiger partial charge in [-0.2, -0.15) is 0 Å². The lowest BCUT2D eigenvalue weighted by molar-refractivity contribution is -0.115. The summed E-state index contributed by atoms with van der Waals surface area (Å²) in [5.41, 5.74) is 2.21. The quantitative estimate of drug-likeness (QED) is 0.287. The Bertz CT molecular complexity index is 1340. The second kappa shape index (κ2) is 11.9. The molecule has 1 fully saturated rings. The van der Waals surface area contributed by atoms with E-state index in [4.69, 9.17) is 49.0 Å². The van der Waals surface area contributed by atoms with Gasteiger partial charge < -0.3 is 19.5 Å². The van der Waals surface area contributed by atoms with Crippen LogP contribution in [0.5, 0.6) is 17.2 Å². The third-order valence-electron chi connectivity index (χ3n) is 4.95. The Balaban J connectivity index is 1.50. The molecule has 1 aliphatic heterocycles. The van der Waals surface area contributed by atoms with Gasteiger partial charge in [0.15, 0.2) is 16.7 Å². The molecule has 36 heavy (non-hydrogen) atoms. The lowest BCUT2D eigenvalue weighted by Gasteiger charge is -2.14. The SMILES string of the molecule is CCOc1ccc(N=C2NC(=O)/C(=C\c3cc(Cl)c(OCc4ccc(Cl)c(Cl)c4)c(OC)c3)S2)cc1. The molecule has 3 aromatic carbocycles. The summed E-state index contributed by atoms with van der Waals surface area (Å²) in [6.07, 6.45) is 1.72. The molecule has 0 radical (unpaired) electrons. The highest BCUT2D eigenvalue weighted by atomic mass is 35.5. The molecule has 6 nitrogen and oxygen atoms in total. The van der Waals surface area contributed by atoms with Crippen molar-refractivity contribution >= 4 is 69.4 Å². The Labute approximate surface area is 228 Å². The van der Waals surface area contributed by atoms with Crippen LogP contribution in [0.25, 0.3) is 6.08 Å². The van der Waals surface area contributed by atoms with E-state index < -0.39 is 0 Å². The van der Waals surface area contributed by atoms with Crippen LogP contribution in [0.15, 0.2) is 64.5 Å². The average molecular weight is 564 g/mol. The first-order valence-corrected chi connectivity index (χ1v) is 12.8. The highest BCUT2D eigenvalue weighted by molar-refractivity contribution is 8.18. The highest BCUT2D eigenvalue weighted by Gasteiger charge is 2.24. The third-order valence-corrected chi connectivity index (χ3v) is 6.88. The number of hydrogen-bond acceptors (Lipinski definition) is 6. The van der Waals surface area contributed by atoms with Crippen molar-refractivity contribution in [1.29, 1.82) is 0 Å². The monoisotopic (exact) mass is 562 g/mol. The van der Waals surface area contributed by atoms with Crippen molar-refractivity contribution in [2.75, 3.05) is 13.7 Å². The van der Waals surface area contributed by atoms with E-state index in [0.29, 0.717) is 54.5 Å². The largest absolute Gasteiger partial charge is 0.494 e. The Hall–Kier alpha value is -2.84. The van der Waals surface area contributed by atoms with Crippen molar-refractivity contribution in [1.82, 2.24) is 5.32 Å². The standard InChI is InChI=1S/C26H21Cl3N2O4S/c1-3-34-18-7-5-17(6-8-18)30-26-31-25(32)23(36-26)13-16-11-21(29)24(22(12-16)33-2)35-14-15-4-9-19(27)20(28)10-15/h4-13H,3,14H2,1-2H3,(H,30,31,32)/b23-13+. The molecule has 0 saturated carbocycles. The lowest BCUT2D eigenvalue weighted by atomic mass is 10.1. The minimum absolute atomic E-state index is 0.219. The first-order chi connectivity index (χ1) is 17.4. The number of thioether (sulfide) groups is 1. The number of hydrogen-bond donors (Lipinski definition) is 1. The fourth-order valence-electron chi connectivity index (χ4n) is 3.28. The molecule has 10 heteroatoms. The van der Waals surface area contributed by atoms with Crippen LogP contribution in [-0.4, -0.2) is 24.8 Å². The van der Waals surface area contributed by atoms with Crippen LogP contribution in [0, 0.1) is 0 Å². The molecule has 0 spiro atoms. The molecule has 1 heterocycles. The predicted molar refractivity (Wildman–Crippen MR) is 147 cm³/mol. The van der Waals surface area contributed by atoms with E-state index in [2.05, 4.69) is 10.3 Å². The maximum Gasteiger partial charge on any atom is 0.264 e. The number of amides is 1. The summed E-state index contributed by atoms with van der Waals surface area (Å²) in [4.78, 5) is 17.5. The van der Waals surface area contributed by atoms with E-state index in [1.165, 1.54) is 18.9 Å². The third kappa shape index (κ3) is 6.48. The zero-order valence-electron chi connectivity index (χ0n) is 19.3. The molecule has 0 atom stereocenters. The number of amidine groups is 1. The van der Waals surface area contributed by atoms with Crippen LogP contribution in [0.1, 0.15) is 18.1 Å². The zero-order chi connectivity index (χ0) is 25.7. The van der Waals surface area contributed by atoms with Gasteiger partial charge in [-0.25, -0.2) is 4.99 Å². The predicted octanol–water partition coefficient (Wildman–Crippen LogP) is 7.52. The number of nitrogens with zero attached hydrogens (tertiary/aromatic N) is 1. The Morgan fingerprint density at radius 3 is 2.44 bits per heavy atom. The van der Waals surface area contributed by atoms with Crippen molar-refractivity contribution in [3.63, 3.8) is 0 Å². The van der Waals surface area contributed by atoms with Crippen LogP contribution >= 0.6 is 46.6 Å². The molecule has 4 rings (SSSR count). The Morgan fingerprint density at radius 2 is 1.75 bits per heavy atom. The van der Waals surface area contributed by atoms with Crippen LogP contribution in [-0.2, 0) is 11.4 Å². The van der Waals surface area contributed by atoms with Crippen molar-refractivity contribution in [3.05, 3.63) is 85.7 Å². The molecule has 1 amide bonds. The lowest BCUT2D eigenvalue weighted by Crippen LogP contribution is -2.19. The summed E-state index contributed by atoms with van der Waals surface area (Å²) in [6.45, 7) is 2.73. The topological polar surface area (TPSA) is 69.2 Å². The van der Waals surface area contributed by atoms with Gasteiger partial charge in [0, 0.05) is 0 Å². The Kier molecular flexibility index (Phi) is 8.69. The van der Waals surface area contributed by atoms with Gasteiger partial charge in [0.2, 0.25) is 0 Å². The van der Waals surface area contributed by atoms with E-state index in [1.807, 2.05) is 37.3 Å². The molecule has 186 valence electrons.